The first-order chi connectivity index (χ1) is 8.26. The van der Waals surface area contributed by atoms with Gasteiger partial charge in [0.05, 0.1) is 0 Å². The summed E-state index contributed by atoms with van der Waals surface area (Å²) >= 11 is 0. The Morgan fingerprint density at radius 3 is 2.53 bits per heavy atom. The molecule has 0 bridgehead atoms. The minimum absolute atomic E-state index is 1.07. The predicted octanol–water partition coefficient (Wildman–Crippen LogP) is 4.87. The van der Waals surface area contributed by atoms with Crippen LogP contribution < -0.4 is 0 Å². The van der Waals surface area contributed by atoms with Crippen molar-refractivity contribution in [3.63, 3.8) is 0 Å². The van der Waals surface area contributed by atoms with Gasteiger partial charge in [0.15, 0.2) is 0 Å². The summed E-state index contributed by atoms with van der Waals surface area (Å²) in [5.74, 6) is 0. The van der Waals surface area contributed by atoms with E-state index < -0.39 is 0 Å². The fourth-order valence-corrected chi connectivity index (χ4v) is 2.10. The van der Waals surface area contributed by atoms with Crippen molar-refractivity contribution in [3.8, 4) is 11.1 Å². The largest absolute Gasteiger partial charge is 0.0984 e. The van der Waals surface area contributed by atoms with Crippen molar-refractivity contribution in [1.29, 1.82) is 0 Å². The summed E-state index contributed by atoms with van der Waals surface area (Å²) in [4.78, 5) is 0. The van der Waals surface area contributed by atoms with Crippen LogP contribution in [0.5, 0.6) is 0 Å². The van der Waals surface area contributed by atoms with E-state index in [1.54, 1.807) is 0 Å². The molecule has 2 rings (SSSR count). The van der Waals surface area contributed by atoms with Gasteiger partial charge in [0.2, 0.25) is 0 Å². The minimum atomic E-state index is 1.07. The molecule has 0 aliphatic heterocycles. The first-order valence-electron chi connectivity index (χ1n) is 6.07. The Balaban J connectivity index is 2.62. The number of aryl methyl sites for hydroxylation is 2. The van der Waals surface area contributed by atoms with E-state index >= 15 is 0 Å². The van der Waals surface area contributed by atoms with E-state index in [1.807, 2.05) is 6.08 Å². The van der Waals surface area contributed by atoms with E-state index in [0.29, 0.717) is 0 Å². The van der Waals surface area contributed by atoms with Gasteiger partial charge in [-0.1, -0.05) is 62.0 Å². The summed E-state index contributed by atoms with van der Waals surface area (Å²) in [7, 11) is 0. The van der Waals surface area contributed by atoms with Gasteiger partial charge in [-0.2, -0.15) is 0 Å². The molecule has 0 saturated heterocycles. The quantitative estimate of drug-likeness (QED) is 0.695. The molecule has 0 nitrogen and oxygen atoms in total. The van der Waals surface area contributed by atoms with Crippen LogP contribution in [0.15, 0.2) is 49.0 Å². The Morgan fingerprint density at radius 1 is 1.06 bits per heavy atom. The van der Waals surface area contributed by atoms with Gasteiger partial charge < -0.3 is 0 Å². The lowest BCUT2D eigenvalue weighted by Crippen LogP contribution is -1.89. The van der Waals surface area contributed by atoms with Crippen LogP contribution in [0.25, 0.3) is 17.2 Å². The Kier molecular flexibility index (Phi) is 3.43. The normalized spacial score (nSPS) is 10.2. The van der Waals surface area contributed by atoms with E-state index in [-0.39, 0.29) is 0 Å². The molecule has 0 radical (unpaired) electrons. The maximum Gasteiger partial charge on any atom is -0.0109 e. The van der Waals surface area contributed by atoms with E-state index in [9.17, 15) is 0 Å². The zero-order valence-corrected chi connectivity index (χ0v) is 10.5. The van der Waals surface area contributed by atoms with Crippen molar-refractivity contribution in [2.45, 2.75) is 20.3 Å². The van der Waals surface area contributed by atoms with E-state index in [0.717, 1.165) is 6.42 Å². The van der Waals surface area contributed by atoms with Gasteiger partial charge in [-0.3, -0.25) is 0 Å². The maximum absolute atomic E-state index is 3.89. The summed E-state index contributed by atoms with van der Waals surface area (Å²) < 4.78 is 0. The third kappa shape index (κ3) is 2.31. The van der Waals surface area contributed by atoms with Crippen molar-refractivity contribution in [3.05, 3.63) is 65.7 Å². The molecule has 2 aromatic rings. The maximum atomic E-state index is 3.89. The highest BCUT2D eigenvalue weighted by Crippen LogP contribution is 2.28. The second kappa shape index (κ2) is 5.01. The average Bonchev–Trinajstić information content (AvgIpc) is 2.39. The summed E-state index contributed by atoms with van der Waals surface area (Å²) in [6, 6.07) is 15.1. The molecule has 0 unspecified atom stereocenters. The summed E-state index contributed by atoms with van der Waals surface area (Å²) in [6.07, 6.45) is 3.00. The van der Waals surface area contributed by atoms with Gasteiger partial charge in [0, 0.05) is 0 Å². The molecule has 0 amide bonds. The topological polar surface area (TPSA) is 0 Å². The Bertz CT molecular complexity index is 535. The lowest BCUT2D eigenvalue weighted by Gasteiger charge is -2.11. The van der Waals surface area contributed by atoms with Crippen LogP contribution >= 0.6 is 0 Å². The fourth-order valence-electron chi connectivity index (χ4n) is 2.10. The predicted molar refractivity (Wildman–Crippen MR) is 76.1 cm³/mol. The lowest BCUT2D eigenvalue weighted by atomic mass is 9.94. The Hall–Kier alpha value is -1.82. The molecular weight excluding hydrogens is 204 g/mol. The lowest BCUT2D eigenvalue weighted by molar-refractivity contribution is 1.14. The molecule has 17 heavy (non-hydrogen) atoms. The fraction of sp³-hybridized carbons (Fsp3) is 0.176. The van der Waals surface area contributed by atoms with E-state index in [4.69, 9.17) is 0 Å². The standard InChI is InChI=1S/C17H18/c1-4-14-11-10-13(3)17(12-14)16-9-7-6-8-15(16)5-2/h5-12H,2,4H2,1,3H3. The van der Waals surface area contributed by atoms with Crippen LogP contribution in [0.2, 0.25) is 0 Å². The molecule has 0 heteroatoms. The first-order valence-corrected chi connectivity index (χ1v) is 6.07. The number of hydrogen-bond acceptors (Lipinski definition) is 0. The second-order valence-electron chi connectivity index (χ2n) is 4.29. The highest BCUT2D eigenvalue weighted by atomic mass is 14.1. The zero-order valence-electron chi connectivity index (χ0n) is 10.5. The van der Waals surface area contributed by atoms with Gasteiger partial charge >= 0.3 is 0 Å². The van der Waals surface area contributed by atoms with Crippen LogP contribution in [0, 0.1) is 6.92 Å². The molecule has 0 saturated carbocycles. The van der Waals surface area contributed by atoms with Crippen molar-refractivity contribution in [2.75, 3.05) is 0 Å². The summed E-state index contributed by atoms with van der Waals surface area (Å²) in [5, 5.41) is 0. The number of hydrogen-bond donors (Lipinski definition) is 0. The number of rotatable bonds is 3. The Morgan fingerprint density at radius 2 is 1.82 bits per heavy atom. The second-order valence-corrected chi connectivity index (χ2v) is 4.29. The SMILES string of the molecule is C=Cc1ccccc1-c1cc(CC)ccc1C. The smallest absolute Gasteiger partial charge is 0.0109 e. The molecule has 0 atom stereocenters. The summed E-state index contributed by atoms with van der Waals surface area (Å²) in [6.45, 7) is 8.24. The molecule has 0 heterocycles. The highest BCUT2D eigenvalue weighted by molar-refractivity contribution is 5.77. The molecule has 0 aliphatic carbocycles. The molecule has 0 N–H and O–H groups in total. The Labute approximate surface area is 104 Å². The molecule has 0 aliphatic rings. The zero-order chi connectivity index (χ0) is 12.3. The van der Waals surface area contributed by atoms with Crippen LogP contribution in [0.4, 0.5) is 0 Å². The minimum Gasteiger partial charge on any atom is -0.0984 e. The molecule has 0 fully saturated rings. The van der Waals surface area contributed by atoms with Crippen LogP contribution in [0.1, 0.15) is 23.6 Å². The van der Waals surface area contributed by atoms with Crippen molar-refractivity contribution >= 4 is 6.08 Å². The van der Waals surface area contributed by atoms with Crippen LogP contribution in [0.3, 0.4) is 0 Å². The molecular formula is C17H18. The molecule has 86 valence electrons. The third-order valence-electron chi connectivity index (χ3n) is 3.18. The monoisotopic (exact) mass is 222 g/mol. The van der Waals surface area contributed by atoms with E-state index in [1.165, 1.54) is 27.8 Å². The average molecular weight is 222 g/mol. The first kappa shape index (κ1) is 11.7. The summed E-state index contributed by atoms with van der Waals surface area (Å²) in [5.41, 5.74) is 6.49. The molecule has 2 aromatic carbocycles. The third-order valence-corrected chi connectivity index (χ3v) is 3.18. The van der Waals surface area contributed by atoms with Gasteiger partial charge in [-0.05, 0) is 41.2 Å². The van der Waals surface area contributed by atoms with Gasteiger partial charge in [-0.25, -0.2) is 0 Å². The van der Waals surface area contributed by atoms with E-state index in [2.05, 4.69) is 62.9 Å². The molecule has 0 aromatic heterocycles. The van der Waals surface area contributed by atoms with Gasteiger partial charge in [0.1, 0.15) is 0 Å². The van der Waals surface area contributed by atoms with Crippen LogP contribution in [-0.4, -0.2) is 0 Å². The number of benzene rings is 2. The van der Waals surface area contributed by atoms with Crippen molar-refractivity contribution in [2.24, 2.45) is 0 Å². The van der Waals surface area contributed by atoms with Gasteiger partial charge in [-0.15, -0.1) is 0 Å². The molecule has 0 spiro atoms. The van der Waals surface area contributed by atoms with Crippen LogP contribution in [-0.2, 0) is 6.42 Å². The van der Waals surface area contributed by atoms with Gasteiger partial charge in [0.25, 0.3) is 0 Å². The highest BCUT2D eigenvalue weighted by Gasteiger charge is 2.05. The van der Waals surface area contributed by atoms with Crippen molar-refractivity contribution < 1.29 is 0 Å². The van der Waals surface area contributed by atoms with Crippen molar-refractivity contribution in [1.82, 2.24) is 0 Å².